The Morgan fingerprint density at radius 3 is 2.83 bits per heavy atom. The first-order chi connectivity index (χ1) is 8.45. The van der Waals surface area contributed by atoms with Crippen LogP contribution in [0.1, 0.15) is 25.7 Å². The van der Waals surface area contributed by atoms with Crippen LogP contribution >= 0.6 is 11.6 Å². The van der Waals surface area contributed by atoms with Gasteiger partial charge in [0.05, 0.1) is 12.9 Å². The highest BCUT2D eigenvalue weighted by Crippen LogP contribution is 2.39. The van der Waals surface area contributed by atoms with Gasteiger partial charge in [0.2, 0.25) is 10.0 Å². The van der Waals surface area contributed by atoms with E-state index in [-0.39, 0.29) is 5.41 Å². The van der Waals surface area contributed by atoms with Crippen molar-refractivity contribution in [2.24, 2.45) is 11.3 Å². The minimum Gasteiger partial charge on any atom is -0.381 e. The van der Waals surface area contributed by atoms with Gasteiger partial charge in [-0.2, -0.15) is 0 Å². The molecule has 0 aromatic rings. The molecule has 106 valence electrons. The quantitative estimate of drug-likeness (QED) is 0.742. The molecule has 0 aromatic carbocycles. The molecule has 2 atom stereocenters. The van der Waals surface area contributed by atoms with Crippen LogP contribution in [-0.2, 0) is 14.8 Å². The molecule has 0 bridgehead atoms. The van der Waals surface area contributed by atoms with E-state index in [0.29, 0.717) is 24.9 Å². The van der Waals surface area contributed by atoms with Crippen LogP contribution in [0.15, 0.2) is 0 Å². The van der Waals surface area contributed by atoms with Crippen molar-refractivity contribution in [1.29, 1.82) is 0 Å². The molecule has 0 radical (unpaired) electrons. The van der Waals surface area contributed by atoms with E-state index in [4.69, 9.17) is 16.3 Å². The molecule has 6 heteroatoms. The summed E-state index contributed by atoms with van der Waals surface area (Å²) >= 11 is 6.10. The van der Waals surface area contributed by atoms with Crippen LogP contribution in [0.25, 0.3) is 0 Å². The third-order valence-electron chi connectivity index (χ3n) is 4.14. The Balaban J connectivity index is 1.97. The number of hydrogen-bond donors (Lipinski definition) is 0. The summed E-state index contributed by atoms with van der Waals surface area (Å²) in [5.74, 6) is 1.04. The van der Waals surface area contributed by atoms with Crippen LogP contribution in [0, 0.1) is 11.3 Å². The normalized spacial score (nSPS) is 34.9. The van der Waals surface area contributed by atoms with E-state index in [1.165, 1.54) is 6.26 Å². The van der Waals surface area contributed by atoms with Gasteiger partial charge in [0.15, 0.2) is 0 Å². The zero-order valence-electron chi connectivity index (χ0n) is 10.9. The molecule has 2 saturated heterocycles. The Morgan fingerprint density at radius 2 is 2.28 bits per heavy atom. The van der Waals surface area contributed by atoms with E-state index in [0.717, 1.165) is 38.9 Å². The van der Waals surface area contributed by atoms with Crippen LogP contribution in [0.3, 0.4) is 0 Å². The topological polar surface area (TPSA) is 46.6 Å². The smallest absolute Gasteiger partial charge is 0.211 e. The van der Waals surface area contributed by atoms with Gasteiger partial charge in [-0.25, -0.2) is 12.7 Å². The first kappa shape index (κ1) is 14.6. The molecule has 2 heterocycles. The lowest BCUT2D eigenvalue weighted by Crippen LogP contribution is -2.41. The van der Waals surface area contributed by atoms with Crippen LogP contribution in [0.2, 0.25) is 0 Å². The van der Waals surface area contributed by atoms with Crippen molar-refractivity contribution in [3.8, 4) is 0 Å². The van der Waals surface area contributed by atoms with Gasteiger partial charge in [-0.1, -0.05) is 0 Å². The zero-order valence-corrected chi connectivity index (χ0v) is 12.5. The highest BCUT2D eigenvalue weighted by atomic mass is 35.5. The van der Waals surface area contributed by atoms with Gasteiger partial charge in [0, 0.05) is 31.0 Å². The number of ether oxygens (including phenoxy) is 1. The van der Waals surface area contributed by atoms with Gasteiger partial charge in [0.1, 0.15) is 0 Å². The van der Waals surface area contributed by atoms with Gasteiger partial charge in [-0.3, -0.25) is 0 Å². The average Bonchev–Trinajstić information content (AvgIpc) is 2.77. The third-order valence-corrected chi connectivity index (χ3v) is 5.98. The summed E-state index contributed by atoms with van der Waals surface area (Å²) in [5, 5.41) is 0. The lowest BCUT2D eigenvalue weighted by atomic mass is 9.78. The van der Waals surface area contributed by atoms with Crippen LogP contribution in [-0.4, -0.2) is 51.2 Å². The Bertz CT molecular complexity index is 379. The second-order valence-electron chi connectivity index (χ2n) is 5.77. The Labute approximate surface area is 115 Å². The van der Waals surface area contributed by atoms with E-state index < -0.39 is 10.0 Å². The summed E-state index contributed by atoms with van der Waals surface area (Å²) in [7, 11) is -3.05. The van der Waals surface area contributed by atoms with Gasteiger partial charge in [-0.05, 0) is 31.6 Å². The molecule has 18 heavy (non-hydrogen) atoms. The summed E-state index contributed by atoms with van der Waals surface area (Å²) in [6.45, 7) is 2.83. The number of sulfonamides is 1. The van der Waals surface area contributed by atoms with E-state index in [1.807, 2.05) is 0 Å². The van der Waals surface area contributed by atoms with Crippen molar-refractivity contribution < 1.29 is 13.2 Å². The fourth-order valence-electron chi connectivity index (χ4n) is 3.08. The Kier molecular flexibility index (Phi) is 4.57. The number of alkyl halides is 1. The molecule has 0 aromatic heterocycles. The number of nitrogens with zero attached hydrogens (tertiary/aromatic N) is 1. The molecule has 2 rings (SSSR count). The minimum atomic E-state index is -3.05. The van der Waals surface area contributed by atoms with Crippen LogP contribution in [0.5, 0.6) is 0 Å². The maximum atomic E-state index is 11.6. The highest BCUT2D eigenvalue weighted by molar-refractivity contribution is 7.88. The molecule has 2 aliphatic rings. The third kappa shape index (κ3) is 3.38. The molecule has 0 saturated carbocycles. The first-order valence-corrected chi connectivity index (χ1v) is 8.92. The van der Waals surface area contributed by atoms with Gasteiger partial charge in [0.25, 0.3) is 0 Å². The molecule has 2 fully saturated rings. The molecule has 2 aliphatic heterocycles. The molecular formula is C12H22ClNO3S. The second kappa shape index (κ2) is 5.65. The number of piperidine rings is 1. The first-order valence-electron chi connectivity index (χ1n) is 6.54. The maximum Gasteiger partial charge on any atom is 0.211 e. The zero-order chi connectivity index (χ0) is 13.2. The van der Waals surface area contributed by atoms with E-state index in [2.05, 4.69) is 0 Å². The van der Waals surface area contributed by atoms with Gasteiger partial charge >= 0.3 is 0 Å². The van der Waals surface area contributed by atoms with Crippen molar-refractivity contribution >= 4 is 21.6 Å². The summed E-state index contributed by atoms with van der Waals surface area (Å²) in [6.07, 6.45) is 5.35. The van der Waals surface area contributed by atoms with Gasteiger partial charge < -0.3 is 4.74 Å². The predicted octanol–water partition coefficient (Wildman–Crippen LogP) is 1.69. The number of halogens is 1. The Hall–Kier alpha value is 0.160. The molecule has 4 nitrogen and oxygen atoms in total. The summed E-state index contributed by atoms with van der Waals surface area (Å²) < 4.78 is 30.3. The van der Waals surface area contributed by atoms with E-state index in [9.17, 15) is 8.42 Å². The second-order valence-corrected chi connectivity index (χ2v) is 8.02. The molecular weight excluding hydrogens is 274 g/mol. The van der Waals surface area contributed by atoms with Gasteiger partial charge in [-0.15, -0.1) is 11.6 Å². The van der Waals surface area contributed by atoms with Crippen molar-refractivity contribution in [2.75, 3.05) is 38.4 Å². The minimum absolute atomic E-state index is 0.0761. The summed E-state index contributed by atoms with van der Waals surface area (Å²) in [5.41, 5.74) is 0.0761. The van der Waals surface area contributed by atoms with E-state index >= 15 is 0 Å². The fourth-order valence-corrected chi connectivity index (χ4v) is 4.34. The maximum absolute atomic E-state index is 11.6. The monoisotopic (exact) mass is 295 g/mol. The average molecular weight is 296 g/mol. The molecule has 0 N–H and O–H groups in total. The number of rotatable bonds is 4. The van der Waals surface area contributed by atoms with Crippen molar-refractivity contribution in [2.45, 2.75) is 25.7 Å². The number of hydrogen-bond acceptors (Lipinski definition) is 3. The molecule has 0 amide bonds. The largest absolute Gasteiger partial charge is 0.381 e. The molecule has 2 unspecified atom stereocenters. The Morgan fingerprint density at radius 1 is 1.50 bits per heavy atom. The van der Waals surface area contributed by atoms with Crippen LogP contribution < -0.4 is 0 Å². The highest BCUT2D eigenvalue weighted by Gasteiger charge is 2.38. The lowest BCUT2D eigenvalue weighted by Gasteiger charge is -2.36. The molecule has 0 spiro atoms. The van der Waals surface area contributed by atoms with Crippen molar-refractivity contribution in [3.05, 3.63) is 0 Å². The fraction of sp³-hybridized carbons (Fsp3) is 1.00. The SMILES string of the molecule is CS(=O)(=O)N1CCCC(CC2(CCl)CCOC2)C1. The molecule has 0 aliphatic carbocycles. The standard InChI is InChI=1S/C12H22ClNO3S/c1-18(15,16)14-5-2-3-11(8-14)7-12(9-13)4-6-17-10-12/h11H,2-10H2,1H3. The van der Waals surface area contributed by atoms with Crippen molar-refractivity contribution in [1.82, 2.24) is 4.31 Å². The lowest BCUT2D eigenvalue weighted by molar-refractivity contribution is 0.131. The summed E-state index contributed by atoms with van der Waals surface area (Å²) in [6, 6.07) is 0. The van der Waals surface area contributed by atoms with Crippen molar-refractivity contribution in [3.63, 3.8) is 0 Å². The predicted molar refractivity (Wildman–Crippen MR) is 72.3 cm³/mol. The summed E-state index contributed by atoms with van der Waals surface area (Å²) in [4.78, 5) is 0. The van der Waals surface area contributed by atoms with E-state index in [1.54, 1.807) is 4.31 Å². The van der Waals surface area contributed by atoms with Crippen LogP contribution in [0.4, 0.5) is 0 Å².